The van der Waals surface area contributed by atoms with E-state index in [-0.39, 0.29) is 19.1 Å². The van der Waals surface area contributed by atoms with E-state index in [9.17, 15) is 4.79 Å². The van der Waals surface area contributed by atoms with E-state index in [1.54, 1.807) is 19.4 Å². The van der Waals surface area contributed by atoms with E-state index in [1.807, 2.05) is 54.6 Å². The second kappa shape index (κ2) is 12.3. The molecule has 2 heterocycles. The summed E-state index contributed by atoms with van der Waals surface area (Å²) < 4.78 is 10.9. The van der Waals surface area contributed by atoms with E-state index < -0.39 is 0 Å². The zero-order valence-electron chi connectivity index (χ0n) is 21.4. The zero-order valence-corrected chi connectivity index (χ0v) is 21.4. The molecule has 0 unspecified atom stereocenters. The number of ether oxygens (including phenoxy) is 2. The van der Waals surface area contributed by atoms with Crippen molar-refractivity contribution in [1.29, 1.82) is 0 Å². The quantitative estimate of drug-likeness (QED) is 0.154. The minimum absolute atomic E-state index is 0.0326. The lowest BCUT2D eigenvalue weighted by molar-refractivity contribution is -0.115. The molecule has 3 aromatic carbocycles. The molecule has 11 nitrogen and oxygen atoms in total. The molecule has 2 aromatic heterocycles. The van der Waals surface area contributed by atoms with E-state index in [2.05, 4.69) is 26.1 Å². The number of rotatable bonds is 12. The molecule has 0 aliphatic rings. The Morgan fingerprint density at radius 1 is 1.03 bits per heavy atom. The van der Waals surface area contributed by atoms with Crippen LogP contribution in [0.25, 0.3) is 33.2 Å². The Bertz CT molecular complexity index is 1590. The molecule has 39 heavy (non-hydrogen) atoms. The highest BCUT2D eigenvalue weighted by Gasteiger charge is 2.13. The van der Waals surface area contributed by atoms with Gasteiger partial charge in [0.2, 0.25) is 5.91 Å². The molecule has 0 radical (unpaired) electrons. The number of nitrogens with one attached hydrogen (secondary N) is 4. The Kier molecular flexibility index (Phi) is 8.22. The van der Waals surface area contributed by atoms with Crippen molar-refractivity contribution in [3.63, 3.8) is 0 Å². The van der Waals surface area contributed by atoms with Gasteiger partial charge < -0.3 is 30.5 Å². The molecular weight excluding hydrogens is 498 g/mol. The van der Waals surface area contributed by atoms with Crippen LogP contribution in [0, 0.1) is 0 Å². The maximum absolute atomic E-state index is 12.2. The average Bonchev–Trinajstić information content (AvgIpc) is 3.42. The SMILES string of the molecule is COCCOc1ccc2nc(-c3cccc(NC(=O)CNCCO)c3)nc(Nc3ccc4[nH]ncc4c3)c2c1. The summed E-state index contributed by atoms with van der Waals surface area (Å²) in [5, 5.41) is 26.9. The maximum Gasteiger partial charge on any atom is 0.238 e. The van der Waals surface area contributed by atoms with Gasteiger partial charge in [0, 0.05) is 41.4 Å². The van der Waals surface area contributed by atoms with Crippen LogP contribution < -0.4 is 20.7 Å². The van der Waals surface area contributed by atoms with Crippen molar-refractivity contribution >= 4 is 44.9 Å². The predicted molar refractivity (Wildman–Crippen MR) is 150 cm³/mol. The van der Waals surface area contributed by atoms with Gasteiger partial charge in [0.1, 0.15) is 18.2 Å². The number of carbonyl (C=O) groups is 1. The van der Waals surface area contributed by atoms with E-state index >= 15 is 0 Å². The Hall–Kier alpha value is -4.58. The summed E-state index contributed by atoms with van der Waals surface area (Å²) in [4.78, 5) is 21.9. The van der Waals surface area contributed by atoms with E-state index in [0.717, 1.165) is 33.1 Å². The molecule has 0 bridgehead atoms. The second-order valence-electron chi connectivity index (χ2n) is 8.74. The summed E-state index contributed by atoms with van der Waals surface area (Å²) in [6.45, 7) is 1.32. The summed E-state index contributed by atoms with van der Waals surface area (Å²) in [5.74, 6) is 1.58. The normalized spacial score (nSPS) is 11.1. The summed E-state index contributed by atoms with van der Waals surface area (Å²) in [6.07, 6.45) is 1.77. The summed E-state index contributed by atoms with van der Waals surface area (Å²) >= 11 is 0. The lowest BCUT2D eigenvalue weighted by Crippen LogP contribution is -2.29. The van der Waals surface area contributed by atoms with Gasteiger partial charge in [-0.1, -0.05) is 12.1 Å². The Balaban J connectivity index is 1.49. The molecule has 0 spiro atoms. The molecular formula is C28H29N7O4. The van der Waals surface area contributed by atoms with Gasteiger partial charge in [0.25, 0.3) is 0 Å². The highest BCUT2D eigenvalue weighted by molar-refractivity contribution is 5.95. The number of fused-ring (bicyclic) bond motifs is 2. The van der Waals surface area contributed by atoms with Crippen LogP contribution in [0.3, 0.4) is 0 Å². The fourth-order valence-electron chi connectivity index (χ4n) is 4.04. The number of carbonyl (C=O) groups excluding carboxylic acids is 1. The smallest absolute Gasteiger partial charge is 0.238 e. The molecule has 0 saturated heterocycles. The standard InChI is InChI=1S/C28H29N7O4/c1-38-11-12-39-22-6-8-25-23(15-22)28(32-21-5-7-24-19(14-21)16-30-35-24)34-27(33-25)18-3-2-4-20(13-18)31-26(37)17-29-9-10-36/h2-8,13-16,29,36H,9-12,17H2,1H3,(H,30,35)(H,31,37)(H,32,33,34). The number of benzene rings is 3. The second-order valence-corrected chi connectivity index (χ2v) is 8.74. The van der Waals surface area contributed by atoms with Gasteiger partial charge in [-0.25, -0.2) is 9.97 Å². The van der Waals surface area contributed by atoms with Crippen molar-refractivity contribution in [3.05, 3.63) is 66.9 Å². The van der Waals surface area contributed by atoms with E-state index in [1.165, 1.54) is 0 Å². The summed E-state index contributed by atoms with van der Waals surface area (Å²) in [5.41, 5.74) is 3.87. The van der Waals surface area contributed by atoms with Crippen LogP contribution in [0.4, 0.5) is 17.2 Å². The fraction of sp³-hybridized carbons (Fsp3) is 0.214. The van der Waals surface area contributed by atoms with Crippen LogP contribution in [-0.4, -0.2) is 71.2 Å². The third kappa shape index (κ3) is 6.47. The number of aliphatic hydroxyl groups excluding tert-OH is 1. The Labute approximate surface area is 224 Å². The molecule has 0 atom stereocenters. The number of hydrogen-bond donors (Lipinski definition) is 5. The first-order valence-electron chi connectivity index (χ1n) is 12.5. The van der Waals surface area contributed by atoms with Crippen molar-refractivity contribution in [1.82, 2.24) is 25.5 Å². The van der Waals surface area contributed by atoms with Crippen LogP contribution in [0.2, 0.25) is 0 Å². The zero-order chi connectivity index (χ0) is 27.0. The molecule has 5 N–H and O–H groups in total. The summed E-state index contributed by atoms with van der Waals surface area (Å²) in [7, 11) is 1.63. The minimum Gasteiger partial charge on any atom is -0.491 e. The molecule has 0 aliphatic heterocycles. The third-order valence-electron chi connectivity index (χ3n) is 5.90. The number of hydrogen-bond acceptors (Lipinski definition) is 9. The van der Waals surface area contributed by atoms with Crippen LogP contribution in [-0.2, 0) is 9.53 Å². The predicted octanol–water partition coefficient (Wildman–Crippen LogP) is 3.46. The molecule has 1 amide bonds. The molecule has 0 fully saturated rings. The van der Waals surface area contributed by atoms with Gasteiger partial charge in [-0.3, -0.25) is 9.89 Å². The van der Waals surface area contributed by atoms with E-state index in [0.29, 0.717) is 42.8 Å². The number of anilines is 3. The molecule has 0 aliphatic carbocycles. The highest BCUT2D eigenvalue weighted by Crippen LogP contribution is 2.31. The number of amides is 1. The molecule has 11 heteroatoms. The van der Waals surface area contributed by atoms with Crippen molar-refractivity contribution in [2.75, 3.05) is 50.7 Å². The minimum atomic E-state index is -0.210. The number of aliphatic hydroxyl groups is 1. The van der Waals surface area contributed by atoms with Crippen molar-refractivity contribution < 1.29 is 19.4 Å². The van der Waals surface area contributed by atoms with Crippen molar-refractivity contribution in [2.24, 2.45) is 0 Å². The van der Waals surface area contributed by atoms with Gasteiger partial charge in [0.05, 0.1) is 37.0 Å². The van der Waals surface area contributed by atoms with Gasteiger partial charge >= 0.3 is 0 Å². The van der Waals surface area contributed by atoms with Gasteiger partial charge in [-0.2, -0.15) is 5.10 Å². The average molecular weight is 528 g/mol. The molecule has 5 rings (SSSR count). The number of aromatic amines is 1. The molecule has 0 saturated carbocycles. The highest BCUT2D eigenvalue weighted by atomic mass is 16.5. The van der Waals surface area contributed by atoms with Crippen LogP contribution in [0.5, 0.6) is 5.75 Å². The first-order chi connectivity index (χ1) is 19.1. The fourth-order valence-corrected chi connectivity index (χ4v) is 4.04. The first kappa shape index (κ1) is 26.0. The number of methoxy groups -OCH3 is 1. The molecule has 200 valence electrons. The van der Waals surface area contributed by atoms with Gasteiger partial charge in [-0.05, 0) is 48.5 Å². The maximum atomic E-state index is 12.2. The number of H-pyrrole nitrogens is 1. The van der Waals surface area contributed by atoms with Crippen LogP contribution >= 0.6 is 0 Å². The Morgan fingerprint density at radius 3 is 2.82 bits per heavy atom. The first-order valence-corrected chi connectivity index (χ1v) is 12.5. The number of aromatic nitrogens is 4. The summed E-state index contributed by atoms with van der Waals surface area (Å²) in [6, 6.07) is 18.9. The van der Waals surface area contributed by atoms with Gasteiger partial charge in [-0.15, -0.1) is 0 Å². The number of nitrogens with zero attached hydrogens (tertiary/aromatic N) is 3. The van der Waals surface area contributed by atoms with E-state index in [4.69, 9.17) is 24.5 Å². The molecule has 5 aromatic rings. The lowest BCUT2D eigenvalue weighted by atomic mass is 10.1. The monoisotopic (exact) mass is 527 g/mol. The largest absolute Gasteiger partial charge is 0.491 e. The topological polar surface area (TPSA) is 146 Å². The van der Waals surface area contributed by atoms with Crippen molar-refractivity contribution in [2.45, 2.75) is 0 Å². The van der Waals surface area contributed by atoms with Crippen molar-refractivity contribution in [3.8, 4) is 17.1 Å². The van der Waals surface area contributed by atoms with Crippen LogP contribution in [0.1, 0.15) is 0 Å². The third-order valence-corrected chi connectivity index (χ3v) is 5.90. The Morgan fingerprint density at radius 2 is 1.95 bits per heavy atom. The lowest BCUT2D eigenvalue weighted by Gasteiger charge is -2.13. The van der Waals surface area contributed by atoms with Crippen LogP contribution in [0.15, 0.2) is 66.9 Å². The van der Waals surface area contributed by atoms with Gasteiger partial charge in [0.15, 0.2) is 5.82 Å².